The number of hydrogen-bond donors (Lipinski definition) is 1. The van der Waals surface area contributed by atoms with Crippen molar-refractivity contribution in [2.75, 3.05) is 17.3 Å². The fraction of sp³-hybridized carbons (Fsp3) is 0.343. The van der Waals surface area contributed by atoms with Crippen LogP contribution in [0, 0.1) is 5.92 Å². The third-order valence-electron chi connectivity index (χ3n) is 8.55. The molecule has 41 heavy (non-hydrogen) atoms. The quantitative estimate of drug-likeness (QED) is 0.353. The Balaban J connectivity index is 1.47. The summed E-state index contributed by atoms with van der Waals surface area (Å²) in [5, 5.41) is 3.60. The molecular formula is C35H36N2O4. The average molecular weight is 549 g/mol. The van der Waals surface area contributed by atoms with E-state index in [-0.39, 0.29) is 28.9 Å². The van der Waals surface area contributed by atoms with Crippen molar-refractivity contribution in [2.24, 2.45) is 5.92 Å². The van der Waals surface area contributed by atoms with Gasteiger partial charge in [-0.1, -0.05) is 69.3 Å². The van der Waals surface area contributed by atoms with Crippen LogP contribution in [0.1, 0.15) is 85.5 Å². The monoisotopic (exact) mass is 548 g/mol. The number of carbonyl (C=O) groups excluding carboxylic acids is 3. The van der Waals surface area contributed by atoms with E-state index < -0.39 is 12.0 Å². The lowest BCUT2D eigenvalue weighted by Crippen LogP contribution is -2.39. The molecule has 1 saturated carbocycles. The maximum atomic E-state index is 14.2. The molecule has 0 aromatic heterocycles. The Labute approximate surface area is 241 Å². The molecule has 6 rings (SSSR count). The van der Waals surface area contributed by atoms with Crippen LogP contribution < -0.4 is 10.2 Å². The van der Waals surface area contributed by atoms with Crippen LogP contribution in [0.4, 0.5) is 11.4 Å². The van der Waals surface area contributed by atoms with Crippen LogP contribution >= 0.6 is 0 Å². The Morgan fingerprint density at radius 2 is 1.54 bits per heavy atom. The lowest BCUT2D eigenvalue weighted by atomic mass is 9.77. The van der Waals surface area contributed by atoms with Gasteiger partial charge in [-0.2, -0.15) is 0 Å². The van der Waals surface area contributed by atoms with E-state index in [4.69, 9.17) is 4.74 Å². The number of ketones is 1. The van der Waals surface area contributed by atoms with Gasteiger partial charge in [0.05, 0.1) is 30.1 Å². The van der Waals surface area contributed by atoms with E-state index in [1.54, 1.807) is 12.1 Å². The predicted molar refractivity (Wildman–Crippen MR) is 160 cm³/mol. The summed E-state index contributed by atoms with van der Waals surface area (Å²) in [7, 11) is 1.35. The molecule has 6 heteroatoms. The summed E-state index contributed by atoms with van der Waals surface area (Å²) in [4.78, 5) is 42.1. The fourth-order valence-electron chi connectivity index (χ4n) is 6.09. The Morgan fingerprint density at radius 3 is 2.17 bits per heavy atom. The molecule has 0 radical (unpaired) electrons. The van der Waals surface area contributed by atoms with Gasteiger partial charge in [-0.05, 0) is 71.6 Å². The SMILES string of the molecule is COC(=O)c1ccc([C@@H]2C3=C(C[C@@H](c4ccc(C(C)(C)C)cc4)CC3=O)Nc3ccccc3N2C(=O)C2CC2)cc1. The molecule has 1 aliphatic heterocycles. The molecule has 1 fully saturated rings. The number of esters is 1. The van der Waals surface area contributed by atoms with Crippen molar-refractivity contribution >= 4 is 29.0 Å². The van der Waals surface area contributed by atoms with Crippen molar-refractivity contribution in [2.45, 2.75) is 63.8 Å². The molecular weight excluding hydrogens is 512 g/mol. The molecule has 1 heterocycles. The number of nitrogens with one attached hydrogen (secondary N) is 1. The van der Waals surface area contributed by atoms with Crippen molar-refractivity contribution in [3.8, 4) is 0 Å². The molecule has 3 aromatic rings. The third kappa shape index (κ3) is 5.08. The topological polar surface area (TPSA) is 75.7 Å². The van der Waals surface area contributed by atoms with Crippen molar-refractivity contribution in [3.05, 3.63) is 106 Å². The number of nitrogens with zero attached hydrogens (tertiary/aromatic N) is 1. The number of benzene rings is 3. The number of rotatable bonds is 4. The van der Waals surface area contributed by atoms with Gasteiger partial charge in [0.2, 0.25) is 5.91 Å². The van der Waals surface area contributed by atoms with E-state index in [2.05, 4.69) is 50.4 Å². The van der Waals surface area contributed by atoms with Gasteiger partial charge in [0, 0.05) is 23.6 Å². The molecule has 1 N–H and O–H groups in total. The number of carbonyl (C=O) groups is 3. The van der Waals surface area contributed by atoms with Crippen LogP contribution in [-0.2, 0) is 19.7 Å². The first kappa shape index (κ1) is 27.0. The standard InChI is InChI=1S/C35H36N2O4/c1-35(2,3)26-17-15-21(16-18-26)25-19-28-31(30(38)20-25)32(22-9-13-24(14-10-22)34(40)41-4)37(33(39)23-11-12-23)29-8-6-5-7-27(29)36-28/h5-10,13-18,23,25,32,36H,11-12,19-20H2,1-4H3/t25-,32-/m1/s1. The molecule has 0 saturated heterocycles. The zero-order valence-corrected chi connectivity index (χ0v) is 24.1. The summed E-state index contributed by atoms with van der Waals surface area (Å²) in [6, 6.07) is 22.9. The minimum absolute atomic E-state index is 0.0303. The molecule has 2 atom stereocenters. The van der Waals surface area contributed by atoms with Crippen molar-refractivity contribution in [1.82, 2.24) is 0 Å². The molecule has 6 nitrogen and oxygen atoms in total. The molecule has 210 valence electrons. The Kier molecular flexibility index (Phi) is 6.80. The second kappa shape index (κ2) is 10.3. The summed E-state index contributed by atoms with van der Waals surface area (Å²) in [5.74, 6) is -0.378. The summed E-state index contributed by atoms with van der Waals surface area (Å²) in [6.07, 6.45) is 2.73. The molecule has 3 aliphatic rings. The second-order valence-electron chi connectivity index (χ2n) is 12.4. The van der Waals surface area contributed by atoms with Gasteiger partial charge in [-0.3, -0.25) is 14.5 Å². The highest BCUT2D eigenvalue weighted by atomic mass is 16.5. The van der Waals surface area contributed by atoms with Crippen LogP contribution in [0.5, 0.6) is 0 Å². The number of amides is 1. The zero-order chi connectivity index (χ0) is 28.9. The second-order valence-corrected chi connectivity index (χ2v) is 12.4. The molecule has 0 bridgehead atoms. The molecule has 2 aliphatic carbocycles. The first-order valence-electron chi connectivity index (χ1n) is 14.4. The minimum Gasteiger partial charge on any atom is -0.465 e. The first-order valence-corrected chi connectivity index (χ1v) is 14.4. The Hall–Kier alpha value is -4.19. The highest BCUT2D eigenvalue weighted by Gasteiger charge is 2.45. The van der Waals surface area contributed by atoms with Gasteiger partial charge in [0.25, 0.3) is 0 Å². The molecule has 0 spiro atoms. The Morgan fingerprint density at radius 1 is 0.878 bits per heavy atom. The summed E-state index contributed by atoms with van der Waals surface area (Å²) in [6.45, 7) is 6.59. The molecule has 0 unspecified atom stereocenters. The minimum atomic E-state index is -0.599. The van der Waals surface area contributed by atoms with Crippen LogP contribution in [0.2, 0.25) is 0 Å². The van der Waals surface area contributed by atoms with E-state index >= 15 is 0 Å². The maximum absolute atomic E-state index is 14.2. The number of fused-ring (bicyclic) bond motifs is 1. The van der Waals surface area contributed by atoms with Gasteiger partial charge >= 0.3 is 5.97 Å². The molecule has 3 aromatic carbocycles. The van der Waals surface area contributed by atoms with E-state index in [9.17, 15) is 14.4 Å². The van der Waals surface area contributed by atoms with Gasteiger partial charge in [-0.25, -0.2) is 4.79 Å². The van der Waals surface area contributed by atoms with E-state index in [1.807, 2.05) is 41.3 Å². The number of Topliss-reactive ketones (excluding diaryl/α,β-unsaturated/α-hetero) is 1. The highest BCUT2D eigenvalue weighted by molar-refractivity contribution is 6.07. The van der Waals surface area contributed by atoms with Gasteiger partial charge in [0.1, 0.15) is 0 Å². The number of para-hydroxylation sites is 2. The maximum Gasteiger partial charge on any atom is 0.337 e. The zero-order valence-electron chi connectivity index (χ0n) is 24.1. The van der Waals surface area contributed by atoms with Crippen LogP contribution in [0.25, 0.3) is 0 Å². The summed E-state index contributed by atoms with van der Waals surface area (Å²) >= 11 is 0. The first-order chi connectivity index (χ1) is 19.7. The summed E-state index contributed by atoms with van der Waals surface area (Å²) < 4.78 is 4.89. The highest BCUT2D eigenvalue weighted by Crippen LogP contribution is 2.49. The van der Waals surface area contributed by atoms with E-state index in [1.165, 1.54) is 12.7 Å². The van der Waals surface area contributed by atoms with Crippen LogP contribution in [-0.4, -0.2) is 24.8 Å². The predicted octanol–water partition coefficient (Wildman–Crippen LogP) is 7.08. The Bertz CT molecular complexity index is 1540. The third-order valence-corrected chi connectivity index (χ3v) is 8.55. The van der Waals surface area contributed by atoms with Crippen LogP contribution in [0.3, 0.4) is 0 Å². The molecule has 1 amide bonds. The van der Waals surface area contributed by atoms with Crippen molar-refractivity contribution in [3.63, 3.8) is 0 Å². The average Bonchev–Trinajstić information content (AvgIpc) is 3.82. The van der Waals surface area contributed by atoms with Crippen molar-refractivity contribution < 1.29 is 19.1 Å². The van der Waals surface area contributed by atoms with Gasteiger partial charge in [0.15, 0.2) is 5.78 Å². The fourth-order valence-corrected chi connectivity index (χ4v) is 6.09. The number of ether oxygens (including phenoxy) is 1. The van der Waals surface area contributed by atoms with Crippen molar-refractivity contribution in [1.29, 1.82) is 0 Å². The van der Waals surface area contributed by atoms with E-state index in [0.29, 0.717) is 24.0 Å². The lowest BCUT2D eigenvalue weighted by molar-refractivity contribution is -0.120. The van der Waals surface area contributed by atoms with Gasteiger partial charge in [-0.15, -0.1) is 0 Å². The number of anilines is 2. The lowest BCUT2D eigenvalue weighted by Gasteiger charge is -2.35. The number of methoxy groups -OCH3 is 1. The smallest absolute Gasteiger partial charge is 0.337 e. The van der Waals surface area contributed by atoms with Gasteiger partial charge < -0.3 is 10.1 Å². The number of hydrogen-bond acceptors (Lipinski definition) is 5. The number of allylic oxidation sites excluding steroid dienone is 1. The normalized spacial score (nSPS) is 20.5. The largest absolute Gasteiger partial charge is 0.465 e. The van der Waals surface area contributed by atoms with Crippen LogP contribution in [0.15, 0.2) is 84.1 Å². The van der Waals surface area contributed by atoms with E-state index in [0.717, 1.165) is 41.0 Å². The summed E-state index contributed by atoms with van der Waals surface area (Å²) in [5.41, 5.74) is 6.73.